The van der Waals surface area contributed by atoms with Crippen molar-refractivity contribution in [3.05, 3.63) is 53.1 Å². The molecule has 0 aliphatic carbocycles. The van der Waals surface area contributed by atoms with Crippen LogP contribution >= 0.6 is 0 Å². The lowest BCUT2D eigenvalue weighted by atomic mass is 10.2. The van der Waals surface area contributed by atoms with Gasteiger partial charge in [-0.3, -0.25) is 0 Å². The van der Waals surface area contributed by atoms with Gasteiger partial charge >= 0.3 is 0 Å². The Balaban J connectivity index is 0.00000139. The van der Waals surface area contributed by atoms with Crippen LogP contribution in [-0.4, -0.2) is 13.7 Å². The maximum atomic E-state index is 14.1. The van der Waals surface area contributed by atoms with Crippen molar-refractivity contribution in [1.82, 2.24) is 0 Å². The molecule has 0 saturated carbocycles. The van der Waals surface area contributed by atoms with Crippen LogP contribution in [0.2, 0.25) is 0 Å². The Bertz CT molecular complexity index is 640. The Labute approximate surface area is 142 Å². The van der Waals surface area contributed by atoms with E-state index < -0.39 is 11.6 Å². The normalized spacial score (nSPS) is 9.79. The summed E-state index contributed by atoms with van der Waals surface area (Å²) in [5, 5.41) is 0. The molecule has 132 valence electrons. The van der Waals surface area contributed by atoms with Crippen molar-refractivity contribution in [2.45, 2.75) is 34.3 Å². The SMILES string of the molecule is CC.CCOc1cc(C)c(OCc2ccc(OC)cc2)c(F)c1F. The van der Waals surface area contributed by atoms with Crippen LogP contribution in [0.25, 0.3) is 0 Å². The predicted molar refractivity (Wildman–Crippen MR) is 90.9 cm³/mol. The Kier molecular flexibility index (Phi) is 8.02. The minimum absolute atomic E-state index is 0.100. The fourth-order valence-electron chi connectivity index (χ4n) is 2.02. The number of rotatable bonds is 6. The van der Waals surface area contributed by atoms with E-state index >= 15 is 0 Å². The topological polar surface area (TPSA) is 27.7 Å². The molecule has 0 fully saturated rings. The summed E-state index contributed by atoms with van der Waals surface area (Å²) in [6.45, 7) is 7.76. The van der Waals surface area contributed by atoms with Gasteiger partial charge in [0, 0.05) is 0 Å². The fourth-order valence-corrected chi connectivity index (χ4v) is 2.02. The van der Waals surface area contributed by atoms with Crippen molar-refractivity contribution >= 4 is 0 Å². The predicted octanol–water partition coefficient (Wildman–Crippen LogP) is 5.29. The minimum Gasteiger partial charge on any atom is -0.497 e. The van der Waals surface area contributed by atoms with E-state index in [9.17, 15) is 8.78 Å². The molecule has 2 aromatic rings. The molecular weight excluding hydrogens is 314 g/mol. The molecule has 0 atom stereocenters. The number of halogens is 2. The molecule has 0 saturated heterocycles. The number of aryl methyl sites for hydroxylation is 1. The highest BCUT2D eigenvalue weighted by molar-refractivity contribution is 5.42. The van der Waals surface area contributed by atoms with E-state index in [4.69, 9.17) is 14.2 Å². The molecule has 0 aliphatic heterocycles. The lowest BCUT2D eigenvalue weighted by molar-refractivity contribution is 0.272. The van der Waals surface area contributed by atoms with E-state index in [1.807, 2.05) is 13.8 Å². The summed E-state index contributed by atoms with van der Waals surface area (Å²) in [6.07, 6.45) is 0. The van der Waals surface area contributed by atoms with Gasteiger partial charge in [0.25, 0.3) is 0 Å². The molecular formula is C19H24F2O3. The number of hydrogen-bond acceptors (Lipinski definition) is 3. The summed E-state index contributed by atoms with van der Waals surface area (Å²) < 4.78 is 43.5. The number of hydrogen-bond donors (Lipinski definition) is 0. The van der Waals surface area contributed by atoms with E-state index in [2.05, 4.69) is 0 Å². The minimum atomic E-state index is -1.03. The van der Waals surface area contributed by atoms with Gasteiger partial charge in [0.05, 0.1) is 13.7 Å². The van der Waals surface area contributed by atoms with Crippen LogP contribution in [-0.2, 0) is 6.61 Å². The molecule has 24 heavy (non-hydrogen) atoms. The first-order chi connectivity index (χ1) is 11.6. The van der Waals surface area contributed by atoms with Gasteiger partial charge in [-0.2, -0.15) is 8.78 Å². The van der Waals surface area contributed by atoms with Crippen molar-refractivity contribution < 1.29 is 23.0 Å². The summed E-state index contributed by atoms with van der Waals surface area (Å²) in [5.74, 6) is -1.54. The lowest BCUT2D eigenvalue weighted by Gasteiger charge is -2.13. The number of methoxy groups -OCH3 is 1. The standard InChI is InChI=1S/C17H18F2O3.C2H6/c1-4-21-14-9-11(2)17(16(19)15(14)18)22-10-12-5-7-13(20-3)8-6-12;1-2/h5-9H,4,10H2,1-3H3;1-2H3. The molecule has 2 rings (SSSR count). The smallest absolute Gasteiger partial charge is 0.204 e. The summed E-state index contributed by atoms with van der Waals surface area (Å²) in [7, 11) is 1.58. The van der Waals surface area contributed by atoms with E-state index in [1.54, 1.807) is 45.2 Å². The van der Waals surface area contributed by atoms with E-state index in [0.717, 1.165) is 11.3 Å². The van der Waals surface area contributed by atoms with Gasteiger partial charge in [-0.05, 0) is 43.2 Å². The zero-order valence-electron chi connectivity index (χ0n) is 14.8. The summed E-state index contributed by atoms with van der Waals surface area (Å²) >= 11 is 0. The van der Waals surface area contributed by atoms with Gasteiger partial charge in [-0.1, -0.05) is 26.0 Å². The van der Waals surface area contributed by atoms with Gasteiger partial charge in [-0.15, -0.1) is 0 Å². The van der Waals surface area contributed by atoms with Crippen LogP contribution in [0.4, 0.5) is 8.78 Å². The van der Waals surface area contributed by atoms with Gasteiger partial charge in [0.1, 0.15) is 12.4 Å². The van der Waals surface area contributed by atoms with Crippen molar-refractivity contribution in [3.8, 4) is 17.2 Å². The Morgan fingerprint density at radius 2 is 1.58 bits per heavy atom. The van der Waals surface area contributed by atoms with Crippen LogP contribution in [0, 0.1) is 18.6 Å². The Hall–Kier alpha value is -2.30. The van der Waals surface area contributed by atoms with E-state index in [0.29, 0.717) is 5.56 Å². The van der Waals surface area contributed by atoms with Crippen molar-refractivity contribution in [2.24, 2.45) is 0 Å². The molecule has 0 unspecified atom stereocenters. The van der Waals surface area contributed by atoms with E-state index in [-0.39, 0.29) is 24.7 Å². The Morgan fingerprint density at radius 1 is 0.958 bits per heavy atom. The van der Waals surface area contributed by atoms with Crippen LogP contribution in [0.5, 0.6) is 17.2 Å². The monoisotopic (exact) mass is 338 g/mol. The molecule has 3 nitrogen and oxygen atoms in total. The quantitative estimate of drug-likeness (QED) is 0.716. The molecule has 0 bridgehead atoms. The highest BCUT2D eigenvalue weighted by Crippen LogP contribution is 2.32. The molecule has 0 aromatic heterocycles. The average molecular weight is 338 g/mol. The van der Waals surface area contributed by atoms with Crippen LogP contribution < -0.4 is 14.2 Å². The molecule has 0 radical (unpaired) electrons. The second-order valence-electron chi connectivity index (χ2n) is 4.72. The third-order valence-corrected chi connectivity index (χ3v) is 3.16. The van der Waals surface area contributed by atoms with E-state index in [1.165, 1.54) is 6.07 Å². The summed E-state index contributed by atoms with van der Waals surface area (Å²) in [5.41, 5.74) is 1.31. The molecule has 0 spiro atoms. The highest BCUT2D eigenvalue weighted by atomic mass is 19.2. The highest BCUT2D eigenvalue weighted by Gasteiger charge is 2.18. The lowest BCUT2D eigenvalue weighted by Crippen LogP contribution is -2.04. The van der Waals surface area contributed by atoms with Crippen molar-refractivity contribution in [1.29, 1.82) is 0 Å². The molecule has 2 aromatic carbocycles. The third kappa shape index (κ3) is 4.85. The second-order valence-corrected chi connectivity index (χ2v) is 4.72. The van der Waals surface area contributed by atoms with Gasteiger partial charge in [0.2, 0.25) is 11.6 Å². The first-order valence-electron chi connectivity index (χ1n) is 7.94. The first-order valence-corrected chi connectivity index (χ1v) is 7.94. The van der Waals surface area contributed by atoms with Crippen molar-refractivity contribution in [2.75, 3.05) is 13.7 Å². The maximum absolute atomic E-state index is 14.1. The molecule has 0 amide bonds. The summed E-state index contributed by atoms with van der Waals surface area (Å²) in [4.78, 5) is 0. The molecule has 0 heterocycles. The van der Waals surface area contributed by atoms with Gasteiger partial charge in [0.15, 0.2) is 11.5 Å². The van der Waals surface area contributed by atoms with Crippen molar-refractivity contribution in [3.63, 3.8) is 0 Å². The maximum Gasteiger partial charge on any atom is 0.204 e. The van der Waals surface area contributed by atoms with Crippen LogP contribution in [0.15, 0.2) is 30.3 Å². The van der Waals surface area contributed by atoms with Gasteiger partial charge < -0.3 is 14.2 Å². The summed E-state index contributed by atoms with van der Waals surface area (Å²) in [6, 6.07) is 8.60. The zero-order chi connectivity index (χ0) is 18.1. The van der Waals surface area contributed by atoms with Gasteiger partial charge in [-0.25, -0.2) is 0 Å². The average Bonchev–Trinajstić information content (AvgIpc) is 2.62. The second kappa shape index (κ2) is 9.75. The number of ether oxygens (including phenoxy) is 3. The zero-order valence-corrected chi connectivity index (χ0v) is 14.8. The third-order valence-electron chi connectivity index (χ3n) is 3.16. The molecule has 0 N–H and O–H groups in total. The van der Waals surface area contributed by atoms with Crippen LogP contribution in [0.1, 0.15) is 31.9 Å². The Morgan fingerprint density at radius 3 is 2.12 bits per heavy atom. The largest absolute Gasteiger partial charge is 0.497 e. The first kappa shape index (κ1) is 19.7. The van der Waals surface area contributed by atoms with Crippen LogP contribution in [0.3, 0.4) is 0 Å². The molecule has 0 aliphatic rings. The number of benzene rings is 2. The molecule has 5 heteroatoms. The fraction of sp³-hybridized carbons (Fsp3) is 0.368.